The fourth-order valence-corrected chi connectivity index (χ4v) is 2.88. The van der Waals surface area contributed by atoms with E-state index in [1.807, 2.05) is 11.8 Å². The van der Waals surface area contributed by atoms with Gasteiger partial charge in [0.05, 0.1) is 13.7 Å². The number of methoxy groups -OCH3 is 1. The summed E-state index contributed by atoms with van der Waals surface area (Å²) in [4.78, 5) is 4.66. The first-order valence-electron chi connectivity index (χ1n) is 8.05. The molecule has 0 radical (unpaired) electrons. The summed E-state index contributed by atoms with van der Waals surface area (Å²) in [6, 6.07) is 4.14. The molecule has 0 saturated carbocycles. The summed E-state index contributed by atoms with van der Waals surface area (Å²) < 4.78 is 11.4. The molecule has 2 N–H and O–H groups in total. The van der Waals surface area contributed by atoms with Gasteiger partial charge in [-0.05, 0) is 32.2 Å². The van der Waals surface area contributed by atoms with Crippen molar-refractivity contribution in [2.24, 2.45) is 4.99 Å². The van der Waals surface area contributed by atoms with E-state index in [-0.39, 0.29) is 30.1 Å². The van der Waals surface area contributed by atoms with Crippen LogP contribution in [-0.2, 0) is 13.0 Å². The molecule has 1 atom stereocenters. The van der Waals surface area contributed by atoms with Crippen LogP contribution in [0.3, 0.4) is 0 Å². The number of nitrogens with one attached hydrogen (secondary N) is 2. The summed E-state index contributed by atoms with van der Waals surface area (Å²) in [7, 11) is 1.70. The fraction of sp³-hybridized carbons (Fsp3) is 0.588. The molecule has 0 aliphatic carbocycles. The Hall–Kier alpha value is -0.830. The standard InChI is InChI=1S/C17H27N3O2S.HI/c1-5-18-17(19-6-7-23-4)20-11-14-10-16-13(8-12(2)22-16)9-15(14)21-3;/h9-10,12H,5-8,11H2,1-4H3,(H2,18,19,20);1H. The van der Waals surface area contributed by atoms with E-state index in [1.165, 1.54) is 5.56 Å². The van der Waals surface area contributed by atoms with Gasteiger partial charge in [-0.2, -0.15) is 11.8 Å². The van der Waals surface area contributed by atoms with Gasteiger partial charge in [0.15, 0.2) is 5.96 Å². The number of fused-ring (bicyclic) bond motifs is 1. The predicted molar refractivity (Wildman–Crippen MR) is 113 cm³/mol. The van der Waals surface area contributed by atoms with E-state index in [0.717, 1.165) is 48.3 Å². The molecule has 1 aromatic rings. The van der Waals surface area contributed by atoms with Crippen molar-refractivity contribution in [2.45, 2.75) is 32.9 Å². The number of ether oxygens (including phenoxy) is 2. The molecule has 0 amide bonds. The quantitative estimate of drug-likeness (QED) is 0.281. The third kappa shape index (κ3) is 5.91. The average Bonchev–Trinajstić information content (AvgIpc) is 2.90. The molecule has 2 rings (SSSR count). The smallest absolute Gasteiger partial charge is 0.191 e. The van der Waals surface area contributed by atoms with Crippen LogP contribution in [-0.4, -0.2) is 44.3 Å². The highest BCUT2D eigenvalue weighted by atomic mass is 127. The molecule has 136 valence electrons. The van der Waals surface area contributed by atoms with Crippen LogP contribution in [0.5, 0.6) is 11.5 Å². The third-order valence-electron chi connectivity index (χ3n) is 3.65. The zero-order valence-electron chi connectivity index (χ0n) is 14.8. The van der Waals surface area contributed by atoms with Gasteiger partial charge in [0.25, 0.3) is 0 Å². The second-order valence-corrected chi connectivity index (χ2v) is 6.50. The van der Waals surface area contributed by atoms with Crippen molar-refractivity contribution in [3.8, 4) is 11.5 Å². The number of aliphatic imine (C=N–C) groups is 1. The maximum atomic E-state index is 5.84. The Morgan fingerprint density at radius 2 is 2.21 bits per heavy atom. The number of benzene rings is 1. The first-order valence-corrected chi connectivity index (χ1v) is 9.44. The average molecular weight is 465 g/mol. The summed E-state index contributed by atoms with van der Waals surface area (Å²) in [5, 5.41) is 6.60. The van der Waals surface area contributed by atoms with Gasteiger partial charge in [-0.15, -0.1) is 24.0 Å². The zero-order valence-corrected chi connectivity index (χ0v) is 18.0. The first kappa shape index (κ1) is 21.2. The molecule has 5 nitrogen and oxygen atoms in total. The number of hydrogen-bond acceptors (Lipinski definition) is 4. The topological polar surface area (TPSA) is 54.9 Å². The summed E-state index contributed by atoms with van der Waals surface area (Å²) in [5.41, 5.74) is 2.26. The minimum atomic E-state index is 0. The molecular weight excluding hydrogens is 437 g/mol. The van der Waals surface area contributed by atoms with Crippen molar-refractivity contribution in [1.82, 2.24) is 10.6 Å². The predicted octanol–water partition coefficient (Wildman–Crippen LogP) is 3.05. The Kier molecular flexibility index (Phi) is 9.65. The minimum absolute atomic E-state index is 0. The lowest BCUT2D eigenvalue weighted by Gasteiger charge is -2.12. The van der Waals surface area contributed by atoms with E-state index in [4.69, 9.17) is 9.47 Å². The van der Waals surface area contributed by atoms with Gasteiger partial charge >= 0.3 is 0 Å². The SMILES string of the molecule is CCNC(=NCc1cc2c(cc1OC)CC(C)O2)NCCSC.I. The van der Waals surface area contributed by atoms with Crippen molar-refractivity contribution in [2.75, 3.05) is 32.2 Å². The second-order valence-electron chi connectivity index (χ2n) is 5.52. The van der Waals surface area contributed by atoms with Crippen LogP contribution < -0.4 is 20.1 Å². The van der Waals surface area contributed by atoms with Crippen LogP contribution in [0.1, 0.15) is 25.0 Å². The lowest BCUT2D eigenvalue weighted by molar-refractivity contribution is 0.254. The monoisotopic (exact) mass is 465 g/mol. The molecule has 0 aromatic heterocycles. The van der Waals surface area contributed by atoms with Gasteiger partial charge in [-0.1, -0.05) is 0 Å². The van der Waals surface area contributed by atoms with Gasteiger partial charge in [0.2, 0.25) is 0 Å². The normalized spacial score (nSPS) is 16.0. The third-order valence-corrected chi connectivity index (χ3v) is 4.26. The minimum Gasteiger partial charge on any atom is -0.496 e. The Morgan fingerprint density at radius 3 is 2.88 bits per heavy atom. The Bertz CT molecular complexity index is 555. The van der Waals surface area contributed by atoms with Crippen LogP contribution >= 0.6 is 35.7 Å². The van der Waals surface area contributed by atoms with Crippen LogP contribution in [0.2, 0.25) is 0 Å². The molecule has 0 fully saturated rings. The van der Waals surface area contributed by atoms with Crippen molar-refractivity contribution >= 4 is 41.7 Å². The van der Waals surface area contributed by atoms with Crippen molar-refractivity contribution in [1.29, 1.82) is 0 Å². The summed E-state index contributed by atoms with van der Waals surface area (Å²) in [6.07, 6.45) is 3.27. The van der Waals surface area contributed by atoms with Crippen molar-refractivity contribution in [3.63, 3.8) is 0 Å². The van der Waals surface area contributed by atoms with Gasteiger partial charge in [0.1, 0.15) is 17.6 Å². The summed E-state index contributed by atoms with van der Waals surface area (Å²) >= 11 is 1.81. The molecule has 0 bridgehead atoms. The van der Waals surface area contributed by atoms with E-state index < -0.39 is 0 Å². The van der Waals surface area contributed by atoms with E-state index in [2.05, 4.69) is 47.9 Å². The number of hydrogen-bond donors (Lipinski definition) is 2. The highest BCUT2D eigenvalue weighted by Crippen LogP contribution is 2.35. The number of thioether (sulfide) groups is 1. The number of nitrogens with zero attached hydrogens (tertiary/aromatic N) is 1. The fourth-order valence-electron chi connectivity index (χ4n) is 2.57. The molecule has 0 saturated heterocycles. The van der Waals surface area contributed by atoms with Gasteiger partial charge in [-0.25, -0.2) is 4.99 Å². The van der Waals surface area contributed by atoms with E-state index in [9.17, 15) is 0 Å². The highest BCUT2D eigenvalue weighted by molar-refractivity contribution is 14.0. The molecule has 1 aromatic carbocycles. The van der Waals surface area contributed by atoms with Crippen LogP contribution in [0.15, 0.2) is 17.1 Å². The van der Waals surface area contributed by atoms with E-state index in [1.54, 1.807) is 7.11 Å². The molecule has 0 spiro atoms. The Morgan fingerprint density at radius 1 is 1.42 bits per heavy atom. The summed E-state index contributed by atoms with van der Waals surface area (Å²) in [5.74, 6) is 3.73. The number of halogens is 1. The molecule has 1 heterocycles. The van der Waals surface area contributed by atoms with Crippen molar-refractivity contribution in [3.05, 3.63) is 23.3 Å². The summed E-state index contributed by atoms with van der Waals surface area (Å²) in [6.45, 7) is 6.45. The lowest BCUT2D eigenvalue weighted by Crippen LogP contribution is -2.38. The molecule has 1 aliphatic heterocycles. The maximum absolute atomic E-state index is 5.84. The molecule has 7 heteroatoms. The first-order chi connectivity index (χ1) is 11.2. The lowest BCUT2D eigenvalue weighted by atomic mass is 10.1. The van der Waals surface area contributed by atoms with E-state index >= 15 is 0 Å². The number of guanidine groups is 1. The van der Waals surface area contributed by atoms with Crippen LogP contribution in [0, 0.1) is 0 Å². The van der Waals surface area contributed by atoms with E-state index in [0.29, 0.717) is 6.54 Å². The second kappa shape index (κ2) is 10.9. The van der Waals surface area contributed by atoms with Gasteiger partial charge in [-0.3, -0.25) is 0 Å². The molecule has 1 unspecified atom stereocenters. The maximum Gasteiger partial charge on any atom is 0.191 e. The number of rotatable bonds is 7. The zero-order chi connectivity index (χ0) is 16.7. The van der Waals surface area contributed by atoms with Crippen LogP contribution in [0.25, 0.3) is 0 Å². The van der Waals surface area contributed by atoms with Crippen molar-refractivity contribution < 1.29 is 9.47 Å². The highest BCUT2D eigenvalue weighted by Gasteiger charge is 2.21. The Labute approximate surface area is 166 Å². The van der Waals surface area contributed by atoms with Gasteiger partial charge in [0, 0.05) is 36.4 Å². The van der Waals surface area contributed by atoms with Crippen LogP contribution in [0.4, 0.5) is 0 Å². The molecule has 24 heavy (non-hydrogen) atoms. The molecular formula is C17H28IN3O2S. The largest absolute Gasteiger partial charge is 0.496 e. The van der Waals surface area contributed by atoms with Gasteiger partial charge < -0.3 is 20.1 Å². The Balaban J connectivity index is 0.00000288. The molecule has 1 aliphatic rings.